The van der Waals surface area contributed by atoms with Crippen molar-refractivity contribution in [2.45, 2.75) is 0 Å². The number of hydrogen-bond acceptors (Lipinski definition) is 1. The van der Waals surface area contributed by atoms with E-state index < -0.39 is 0 Å². The first kappa shape index (κ1) is 9.97. The molecule has 1 N–H and O–H groups in total. The van der Waals surface area contributed by atoms with E-state index in [4.69, 9.17) is 0 Å². The number of aryl methyl sites for hydroxylation is 1. The number of aromatic hydroxyl groups is 1. The highest BCUT2D eigenvalue weighted by molar-refractivity contribution is 5.94. The summed E-state index contributed by atoms with van der Waals surface area (Å²) in [6, 6.07) is 17.8. The van der Waals surface area contributed by atoms with Gasteiger partial charge in [0, 0.05) is 18.0 Å². The van der Waals surface area contributed by atoms with Crippen molar-refractivity contribution in [2.75, 3.05) is 0 Å². The summed E-state index contributed by atoms with van der Waals surface area (Å²) in [6.07, 6.45) is 0. The van der Waals surface area contributed by atoms with Gasteiger partial charge in [-0.05, 0) is 12.1 Å². The van der Waals surface area contributed by atoms with Gasteiger partial charge in [0.15, 0.2) is 0 Å². The number of rotatable bonds is 1. The lowest BCUT2D eigenvalue weighted by Gasteiger charge is -2.04. The molecule has 0 fully saturated rings. The van der Waals surface area contributed by atoms with Gasteiger partial charge in [-0.2, -0.15) is 0 Å². The Labute approximate surface area is 99.7 Å². The van der Waals surface area contributed by atoms with E-state index in [9.17, 15) is 5.11 Å². The molecule has 0 saturated heterocycles. The monoisotopic (exact) mass is 223 g/mol. The summed E-state index contributed by atoms with van der Waals surface area (Å²) >= 11 is 0. The summed E-state index contributed by atoms with van der Waals surface area (Å²) in [5.74, 6) is 0.356. The van der Waals surface area contributed by atoms with Crippen molar-refractivity contribution in [2.24, 2.45) is 7.05 Å². The molecule has 2 heteroatoms. The first-order valence-electron chi connectivity index (χ1n) is 5.61. The van der Waals surface area contributed by atoms with Gasteiger partial charge in [-0.25, -0.2) is 0 Å². The van der Waals surface area contributed by atoms with Gasteiger partial charge in [0.05, 0.1) is 11.2 Å². The van der Waals surface area contributed by atoms with E-state index in [1.165, 1.54) is 0 Å². The maximum atomic E-state index is 10.3. The minimum Gasteiger partial charge on any atom is -0.505 e. The van der Waals surface area contributed by atoms with E-state index in [1.54, 1.807) is 0 Å². The third-order valence-corrected chi connectivity index (χ3v) is 3.13. The van der Waals surface area contributed by atoms with Crippen molar-refractivity contribution in [3.63, 3.8) is 0 Å². The number of aromatic nitrogens is 1. The van der Waals surface area contributed by atoms with Crippen LogP contribution in [-0.2, 0) is 7.05 Å². The number of para-hydroxylation sites is 1. The third kappa shape index (κ3) is 1.41. The second kappa shape index (κ2) is 3.67. The first-order valence-corrected chi connectivity index (χ1v) is 5.61. The Hall–Kier alpha value is -2.22. The van der Waals surface area contributed by atoms with Gasteiger partial charge < -0.3 is 9.67 Å². The maximum absolute atomic E-state index is 10.3. The van der Waals surface area contributed by atoms with E-state index in [1.807, 2.05) is 66.2 Å². The van der Waals surface area contributed by atoms with Crippen molar-refractivity contribution < 1.29 is 5.11 Å². The molecule has 17 heavy (non-hydrogen) atoms. The molecule has 0 spiro atoms. The molecule has 2 nitrogen and oxygen atoms in total. The molecular weight excluding hydrogens is 210 g/mol. The third-order valence-electron chi connectivity index (χ3n) is 3.13. The Bertz CT molecular complexity index is 629. The van der Waals surface area contributed by atoms with Crippen LogP contribution >= 0.6 is 0 Å². The van der Waals surface area contributed by atoms with E-state index >= 15 is 0 Å². The summed E-state index contributed by atoms with van der Waals surface area (Å²) in [5.41, 5.74) is 2.94. The minimum absolute atomic E-state index is 0.356. The summed E-state index contributed by atoms with van der Waals surface area (Å²) in [4.78, 5) is 0. The molecule has 0 radical (unpaired) electrons. The summed E-state index contributed by atoms with van der Waals surface area (Å²) in [5, 5.41) is 11.2. The molecule has 1 heterocycles. The highest BCUT2D eigenvalue weighted by atomic mass is 16.3. The van der Waals surface area contributed by atoms with Crippen LogP contribution in [0.25, 0.3) is 22.2 Å². The highest BCUT2D eigenvalue weighted by Crippen LogP contribution is 2.37. The van der Waals surface area contributed by atoms with Crippen molar-refractivity contribution >= 4 is 10.9 Å². The number of fused-ring (bicyclic) bond motifs is 1. The van der Waals surface area contributed by atoms with E-state index in [2.05, 4.69) is 0 Å². The fourth-order valence-corrected chi connectivity index (χ4v) is 2.30. The SMILES string of the molecule is Cn1c(-c2ccccc2)c(O)c2ccccc21. The Morgan fingerprint density at radius 2 is 1.53 bits per heavy atom. The molecule has 0 unspecified atom stereocenters. The lowest BCUT2D eigenvalue weighted by atomic mass is 10.1. The molecule has 3 aromatic rings. The normalized spacial score (nSPS) is 10.9. The second-order valence-electron chi connectivity index (χ2n) is 4.14. The number of hydrogen-bond donors (Lipinski definition) is 1. The van der Waals surface area contributed by atoms with Gasteiger partial charge in [0.2, 0.25) is 0 Å². The summed E-state index contributed by atoms with van der Waals surface area (Å²) in [7, 11) is 1.98. The maximum Gasteiger partial charge on any atom is 0.149 e. The van der Waals surface area contributed by atoms with Gasteiger partial charge >= 0.3 is 0 Å². The number of benzene rings is 2. The molecule has 0 aliphatic carbocycles. The van der Waals surface area contributed by atoms with Crippen LogP contribution in [0.1, 0.15) is 0 Å². The van der Waals surface area contributed by atoms with Crippen LogP contribution in [0.2, 0.25) is 0 Å². The van der Waals surface area contributed by atoms with Crippen molar-refractivity contribution in [3.8, 4) is 17.0 Å². The van der Waals surface area contributed by atoms with E-state index in [0.717, 1.165) is 22.2 Å². The average Bonchev–Trinajstić information content (AvgIpc) is 2.64. The standard InChI is InChI=1S/C15H13NO/c1-16-13-10-6-5-9-12(13)15(17)14(16)11-7-3-2-4-8-11/h2-10,17H,1H3. The molecule has 0 amide bonds. The molecule has 0 aliphatic heterocycles. The fourth-order valence-electron chi connectivity index (χ4n) is 2.30. The number of nitrogens with zero attached hydrogens (tertiary/aromatic N) is 1. The molecule has 3 rings (SSSR count). The molecule has 0 aliphatic rings. The zero-order valence-corrected chi connectivity index (χ0v) is 9.59. The topological polar surface area (TPSA) is 25.2 Å². The smallest absolute Gasteiger partial charge is 0.149 e. The minimum atomic E-state index is 0.356. The fraction of sp³-hybridized carbons (Fsp3) is 0.0667. The van der Waals surface area contributed by atoms with Crippen molar-refractivity contribution in [1.29, 1.82) is 0 Å². The van der Waals surface area contributed by atoms with Crippen LogP contribution in [-0.4, -0.2) is 9.67 Å². The van der Waals surface area contributed by atoms with Crippen molar-refractivity contribution in [1.82, 2.24) is 4.57 Å². The molecular formula is C15H13NO. The predicted molar refractivity (Wildman–Crippen MR) is 70.0 cm³/mol. The summed E-state index contributed by atoms with van der Waals surface area (Å²) < 4.78 is 2.03. The van der Waals surface area contributed by atoms with Crippen LogP contribution in [0, 0.1) is 0 Å². The Morgan fingerprint density at radius 1 is 0.882 bits per heavy atom. The molecule has 84 valence electrons. The van der Waals surface area contributed by atoms with Gasteiger partial charge in [0.1, 0.15) is 5.75 Å². The van der Waals surface area contributed by atoms with Crippen LogP contribution in [0.3, 0.4) is 0 Å². The molecule has 2 aromatic carbocycles. The largest absolute Gasteiger partial charge is 0.505 e. The average molecular weight is 223 g/mol. The van der Waals surface area contributed by atoms with E-state index in [0.29, 0.717) is 5.75 Å². The van der Waals surface area contributed by atoms with Crippen LogP contribution < -0.4 is 0 Å². The molecule has 0 bridgehead atoms. The zero-order chi connectivity index (χ0) is 11.8. The summed E-state index contributed by atoms with van der Waals surface area (Å²) in [6.45, 7) is 0. The zero-order valence-electron chi connectivity index (χ0n) is 9.59. The van der Waals surface area contributed by atoms with Crippen LogP contribution in [0.4, 0.5) is 0 Å². The van der Waals surface area contributed by atoms with E-state index in [-0.39, 0.29) is 0 Å². The Balaban J connectivity index is 2.38. The van der Waals surface area contributed by atoms with Gasteiger partial charge in [-0.1, -0.05) is 42.5 Å². The predicted octanol–water partition coefficient (Wildman–Crippen LogP) is 3.55. The van der Waals surface area contributed by atoms with Crippen LogP contribution in [0.5, 0.6) is 5.75 Å². The second-order valence-corrected chi connectivity index (χ2v) is 4.14. The Morgan fingerprint density at radius 3 is 2.24 bits per heavy atom. The Kier molecular flexibility index (Phi) is 2.15. The quantitative estimate of drug-likeness (QED) is 0.670. The van der Waals surface area contributed by atoms with Gasteiger partial charge in [0.25, 0.3) is 0 Å². The lowest BCUT2D eigenvalue weighted by molar-refractivity contribution is 0.482. The first-order chi connectivity index (χ1) is 8.29. The highest BCUT2D eigenvalue weighted by Gasteiger charge is 2.14. The molecule has 0 saturated carbocycles. The van der Waals surface area contributed by atoms with Crippen molar-refractivity contribution in [3.05, 3.63) is 54.6 Å². The molecule has 0 atom stereocenters. The lowest BCUT2D eigenvalue weighted by Crippen LogP contribution is -1.90. The molecule has 1 aromatic heterocycles. The van der Waals surface area contributed by atoms with Gasteiger partial charge in [-0.15, -0.1) is 0 Å². The van der Waals surface area contributed by atoms with Crippen LogP contribution in [0.15, 0.2) is 54.6 Å². The van der Waals surface area contributed by atoms with Gasteiger partial charge in [-0.3, -0.25) is 0 Å².